The van der Waals surface area contributed by atoms with E-state index in [9.17, 15) is 0 Å². The second kappa shape index (κ2) is 8.83. The molecule has 5 heterocycles. The Kier molecular flexibility index (Phi) is 5.78. The van der Waals surface area contributed by atoms with Crippen LogP contribution >= 0.6 is 11.3 Å². The number of thiophene rings is 1. The maximum absolute atomic E-state index is 4.85. The first-order chi connectivity index (χ1) is 14.8. The van der Waals surface area contributed by atoms with Gasteiger partial charge in [0, 0.05) is 50.2 Å². The van der Waals surface area contributed by atoms with E-state index in [1.807, 2.05) is 0 Å². The highest BCUT2D eigenvalue weighted by molar-refractivity contribution is 7.09. The first-order valence-corrected chi connectivity index (χ1v) is 11.7. The van der Waals surface area contributed by atoms with Crippen molar-refractivity contribution in [2.24, 2.45) is 0 Å². The zero-order valence-corrected chi connectivity index (χ0v) is 18.1. The highest BCUT2D eigenvalue weighted by Gasteiger charge is 2.29. The van der Waals surface area contributed by atoms with Crippen LogP contribution in [0, 0.1) is 0 Å². The fraction of sp³-hybridized carbons (Fsp3) is 0.600. The fourth-order valence-corrected chi connectivity index (χ4v) is 5.08. The normalized spacial score (nSPS) is 19.6. The third-order valence-corrected chi connectivity index (χ3v) is 7.12. The number of fused-ring (bicyclic) bond motifs is 1. The molecule has 0 bridgehead atoms. The van der Waals surface area contributed by atoms with Crippen LogP contribution in [0.15, 0.2) is 22.1 Å². The molecule has 0 aromatic carbocycles. The minimum absolute atomic E-state index is 0.441. The minimum Gasteiger partial charge on any atom is -0.362 e. The lowest BCUT2D eigenvalue weighted by Crippen LogP contribution is -2.53. The van der Waals surface area contributed by atoms with Gasteiger partial charge in [0.1, 0.15) is 0 Å². The molecule has 30 heavy (non-hydrogen) atoms. The van der Waals surface area contributed by atoms with E-state index >= 15 is 0 Å². The number of rotatable bonds is 6. The van der Waals surface area contributed by atoms with Crippen molar-refractivity contribution in [2.45, 2.75) is 32.4 Å². The summed E-state index contributed by atoms with van der Waals surface area (Å²) in [5.74, 6) is 1.60. The molecule has 0 amide bonds. The zero-order chi connectivity index (χ0) is 20.3. The number of anilines is 2. The van der Waals surface area contributed by atoms with Gasteiger partial charge < -0.3 is 15.1 Å². The predicted molar refractivity (Wildman–Crippen MR) is 118 cm³/mol. The molecule has 160 valence electrons. The summed E-state index contributed by atoms with van der Waals surface area (Å²) in [6, 6.07) is 4.84. The summed E-state index contributed by atoms with van der Waals surface area (Å²) in [7, 11) is 0. The smallest absolute Gasteiger partial charge is 0.245 e. The van der Waals surface area contributed by atoms with Crippen molar-refractivity contribution in [2.75, 3.05) is 56.0 Å². The van der Waals surface area contributed by atoms with Gasteiger partial charge in [-0.25, -0.2) is 14.6 Å². The Bertz CT molecular complexity index is 945. The summed E-state index contributed by atoms with van der Waals surface area (Å²) >= 11 is 1.73. The molecule has 9 nitrogen and oxygen atoms in total. The van der Waals surface area contributed by atoms with E-state index in [4.69, 9.17) is 9.61 Å². The van der Waals surface area contributed by atoms with Crippen LogP contribution in [0.3, 0.4) is 0 Å². The molecule has 5 rings (SSSR count). The molecule has 0 aliphatic carbocycles. The molecule has 10 heteroatoms. The minimum atomic E-state index is 0.441. The fourth-order valence-electron chi connectivity index (χ4n) is 4.44. The van der Waals surface area contributed by atoms with E-state index in [1.165, 1.54) is 31.1 Å². The molecule has 0 saturated carbocycles. The molecule has 0 atom stereocenters. The average Bonchev–Trinajstić information content (AvgIpc) is 3.49. The number of hydrogen-bond donors (Lipinski definition) is 1. The van der Waals surface area contributed by atoms with Gasteiger partial charge in [0.25, 0.3) is 0 Å². The zero-order valence-electron chi connectivity index (χ0n) is 17.3. The van der Waals surface area contributed by atoms with Gasteiger partial charge in [-0.2, -0.15) is 0 Å². The standard InChI is InChI=1S/C20H28N8OS/c1-2-26-9-11-27(12-10-26)15-5-7-28(8-6-15)20-19(21-14-16-4-3-13-30-16)22-17-18(23-20)25-29-24-17/h3-4,13,15H,2,5-12,14H2,1H3,(H,21,22,24). The SMILES string of the molecule is CCN1CCN(C2CCN(c3nc4nonc4nc3NCc3cccs3)CC2)CC1. The van der Waals surface area contributed by atoms with Gasteiger partial charge in [-0.1, -0.05) is 13.0 Å². The van der Waals surface area contributed by atoms with E-state index in [0.717, 1.165) is 44.1 Å². The van der Waals surface area contributed by atoms with Crippen LogP contribution < -0.4 is 10.2 Å². The molecule has 3 aromatic rings. The van der Waals surface area contributed by atoms with Crippen LogP contribution in [0.1, 0.15) is 24.6 Å². The predicted octanol–water partition coefficient (Wildman–Crippen LogP) is 2.29. The Morgan fingerprint density at radius 3 is 2.53 bits per heavy atom. The maximum Gasteiger partial charge on any atom is 0.245 e. The lowest BCUT2D eigenvalue weighted by Gasteiger charge is -2.43. The van der Waals surface area contributed by atoms with E-state index in [2.05, 4.69) is 59.8 Å². The van der Waals surface area contributed by atoms with E-state index in [-0.39, 0.29) is 0 Å². The molecule has 3 aromatic heterocycles. The van der Waals surface area contributed by atoms with Gasteiger partial charge in [-0.3, -0.25) is 4.90 Å². The highest BCUT2D eigenvalue weighted by Crippen LogP contribution is 2.29. The summed E-state index contributed by atoms with van der Waals surface area (Å²) in [5.41, 5.74) is 0.903. The van der Waals surface area contributed by atoms with Crippen molar-refractivity contribution in [3.63, 3.8) is 0 Å². The molecular weight excluding hydrogens is 400 g/mol. The third-order valence-electron chi connectivity index (χ3n) is 6.24. The average molecular weight is 429 g/mol. The van der Waals surface area contributed by atoms with Crippen molar-refractivity contribution in [3.8, 4) is 0 Å². The van der Waals surface area contributed by atoms with Gasteiger partial charge in [0.2, 0.25) is 11.3 Å². The number of piperidine rings is 1. The van der Waals surface area contributed by atoms with Crippen molar-refractivity contribution < 1.29 is 4.63 Å². The summed E-state index contributed by atoms with van der Waals surface area (Å²) in [6.45, 7) is 10.8. The van der Waals surface area contributed by atoms with Gasteiger partial charge >= 0.3 is 0 Å². The molecule has 1 N–H and O–H groups in total. The van der Waals surface area contributed by atoms with E-state index in [1.54, 1.807) is 11.3 Å². The lowest BCUT2D eigenvalue weighted by atomic mass is 10.0. The Hall–Kier alpha value is -2.30. The second-order valence-electron chi connectivity index (χ2n) is 7.93. The number of hydrogen-bond acceptors (Lipinski definition) is 10. The Labute approximate surface area is 180 Å². The summed E-state index contributed by atoms with van der Waals surface area (Å²) < 4.78 is 4.85. The Morgan fingerprint density at radius 2 is 1.83 bits per heavy atom. The molecule has 0 unspecified atom stereocenters. The molecule has 2 aliphatic rings. The molecule has 2 fully saturated rings. The van der Waals surface area contributed by atoms with Gasteiger partial charge in [-0.05, 0) is 41.1 Å². The number of piperazine rings is 1. The van der Waals surface area contributed by atoms with Gasteiger partial charge in [-0.15, -0.1) is 11.3 Å². The Morgan fingerprint density at radius 1 is 1.07 bits per heavy atom. The summed E-state index contributed by atoms with van der Waals surface area (Å²) in [5, 5.41) is 13.3. The summed E-state index contributed by atoms with van der Waals surface area (Å²) in [6.07, 6.45) is 2.29. The van der Waals surface area contributed by atoms with Crippen LogP contribution in [0.4, 0.5) is 11.6 Å². The summed E-state index contributed by atoms with van der Waals surface area (Å²) in [4.78, 5) is 18.2. The Balaban J connectivity index is 1.28. The van der Waals surface area contributed by atoms with E-state index in [0.29, 0.717) is 23.9 Å². The highest BCUT2D eigenvalue weighted by atomic mass is 32.1. The molecule has 0 spiro atoms. The van der Waals surface area contributed by atoms with Crippen molar-refractivity contribution in [3.05, 3.63) is 22.4 Å². The lowest BCUT2D eigenvalue weighted by molar-refractivity contribution is 0.0878. The van der Waals surface area contributed by atoms with Crippen LogP contribution in [0.5, 0.6) is 0 Å². The van der Waals surface area contributed by atoms with E-state index < -0.39 is 0 Å². The second-order valence-corrected chi connectivity index (χ2v) is 8.96. The largest absolute Gasteiger partial charge is 0.362 e. The monoisotopic (exact) mass is 428 g/mol. The van der Waals surface area contributed by atoms with Crippen LogP contribution in [-0.4, -0.2) is 81.9 Å². The first kappa shape index (κ1) is 19.7. The number of aromatic nitrogens is 4. The number of likely N-dealkylation sites (N-methyl/N-ethyl adjacent to an activating group) is 1. The van der Waals surface area contributed by atoms with Crippen LogP contribution in [0.2, 0.25) is 0 Å². The van der Waals surface area contributed by atoms with Crippen LogP contribution in [-0.2, 0) is 6.54 Å². The number of nitrogens with one attached hydrogen (secondary N) is 1. The molecule has 2 aliphatic heterocycles. The van der Waals surface area contributed by atoms with Crippen LogP contribution in [0.25, 0.3) is 11.3 Å². The van der Waals surface area contributed by atoms with Crippen molar-refractivity contribution in [1.82, 2.24) is 30.1 Å². The molecule has 0 radical (unpaired) electrons. The molecule has 2 saturated heterocycles. The maximum atomic E-state index is 4.85. The molecular formula is C20H28N8OS. The quantitative estimate of drug-likeness (QED) is 0.635. The van der Waals surface area contributed by atoms with Gasteiger partial charge in [0.15, 0.2) is 11.6 Å². The van der Waals surface area contributed by atoms with Crippen molar-refractivity contribution >= 4 is 34.3 Å². The first-order valence-electron chi connectivity index (χ1n) is 10.8. The third kappa shape index (κ3) is 4.12. The van der Waals surface area contributed by atoms with Crippen molar-refractivity contribution in [1.29, 1.82) is 0 Å². The number of nitrogens with zero attached hydrogens (tertiary/aromatic N) is 7. The van der Waals surface area contributed by atoms with Gasteiger partial charge in [0.05, 0.1) is 6.54 Å². The topological polar surface area (TPSA) is 86.5 Å².